The molecule has 1 aromatic carbocycles. The summed E-state index contributed by atoms with van der Waals surface area (Å²) in [6, 6.07) is 6.25. The van der Waals surface area contributed by atoms with E-state index in [4.69, 9.17) is 14.6 Å². The van der Waals surface area contributed by atoms with Gasteiger partial charge in [-0.2, -0.15) is 0 Å². The van der Waals surface area contributed by atoms with E-state index in [2.05, 4.69) is 0 Å². The predicted molar refractivity (Wildman–Crippen MR) is 49.2 cm³/mol. The van der Waals surface area contributed by atoms with Crippen LogP contribution in [0.2, 0.25) is 0 Å². The highest BCUT2D eigenvalue weighted by Crippen LogP contribution is 2.23. The number of aliphatic carboxylic acids is 1. The summed E-state index contributed by atoms with van der Waals surface area (Å²) in [5.41, 5.74) is 0.582. The lowest BCUT2D eigenvalue weighted by atomic mass is 10.2. The van der Waals surface area contributed by atoms with Crippen molar-refractivity contribution in [3.05, 3.63) is 30.0 Å². The van der Waals surface area contributed by atoms with Crippen molar-refractivity contribution in [3.8, 4) is 5.75 Å². The Balaban J connectivity index is 2.46. The molecule has 1 aromatic heterocycles. The second-order valence-corrected chi connectivity index (χ2v) is 3.01. The maximum absolute atomic E-state index is 10.4. The third-order valence-corrected chi connectivity index (χ3v) is 1.88. The van der Waals surface area contributed by atoms with Gasteiger partial charge in [0.15, 0.2) is 0 Å². The van der Waals surface area contributed by atoms with Gasteiger partial charge in [-0.1, -0.05) is 0 Å². The molecule has 14 heavy (non-hydrogen) atoms. The number of carboxylic acids is 1. The van der Waals surface area contributed by atoms with Gasteiger partial charge in [0.2, 0.25) is 0 Å². The Kier molecular flexibility index (Phi) is 1.89. The summed E-state index contributed by atoms with van der Waals surface area (Å²) in [4.78, 5) is 10.4. The standard InChI is InChI=1S/C10H8O4/c11-7-1-2-9-6(3-7)4-8(14-9)5-10(12)13/h1-4,11H,5H2,(H,12,13). The van der Waals surface area contributed by atoms with Crippen LogP contribution >= 0.6 is 0 Å². The molecule has 0 aliphatic carbocycles. The first-order chi connectivity index (χ1) is 6.65. The normalized spacial score (nSPS) is 10.6. The quantitative estimate of drug-likeness (QED) is 0.760. The molecule has 0 radical (unpaired) electrons. The topological polar surface area (TPSA) is 70.7 Å². The number of phenols is 1. The van der Waals surface area contributed by atoms with Crippen LogP contribution in [0.25, 0.3) is 11.0 Å². The molecule has 0 unspecified atom stereocenters. The van der Waals surface area contributed by atoms with Crippen LogP contribution in [-0.4, -0.2) is 16.2 Å². The summed E-state index contributed by atoms with van der Waals surface area (Å²) in [5.74, 6) is -0.411. The lowest BCUT2D eigenvalue weighted by Crippen LogP contribution is -1.97. The van der Waals surface area contributed by atoms with E-state index in [1.807, 2.05) is 0 Å². The smallest absolute Gasteiger partial charge is 0.311 e. The Bertz CT molecular complexity index is 484. The SMILES string of the molecule is O=C(O)Cc1cc2cc(O)ccc2o1. The number of carboxylic acid groups (broad SMARTS) is 1. The van der Waals surface area contributed by atoms with Gasteiger partial charge in [0.25, 0.3) is 0 Å². The highest BCUT2D eigenvalue weighted by Gasteiger charge is 2.07. The van der Waals surface area contributed by atoms with Crippen LogP contribution in [0.4, 0.5) is 0 Å². The molecule has 2 rings (SSSR count). The number of fused-ring (bicyclic) bond motifs is 1. The van der Waals surface area contributed by atoms with Crippen molar-refractivity contribution in [2.45, 2.75) is 6.42 Å². The first-order valence-corrected chi connectivity index (χ1v) is 4.08. The minimum absolute atomic E-state index is 0.139. The van der Waals surface area contributed by atoms with Gasteiger partial charge in [0, 0.05) is 5.39 Å². The van der Waals surface area contributed by atoms with E-state index in [1.165, 1.54) is 12.1 Å². The van der Waals surface area contributed by atoms with E-state index in [-0.39, 0.29) is 12.2 Å². The van der Waals surface area contributed by atoms with Crippen molar-refractivity contribution in [1.29, 1.82) is 0 Å². The Morgan fingerprint density at radius 3 is 2.86 bits per heavy atom. The third kappa shape index (κ3) is 1.54. The fourth-order valence-electron chi connectivity index (χ4n) is 1.32. The number of aromatic hydroxyl groups is 1. The van der Waals surface area contributed by atoms with Crippen LogP contribution in [0.15, 0.2) is 28.7 Å². The summed E-state index contributed by atoms with van der Waals surface area (Å²) in [5, 5.41) is 18.4. The number of furan rings is 1. The average Bonchev–Trinajstić information content (AvgIpc) is 2.44. The van der Waals surface area contributed by atoms with Crippen molar-refractivity contribution < 1.29 is 19.4 Å². The molecule has 0 aliphatic rings. The second kappa shape index (κ2) is 3.06. The Labute approximate surface area is 79.4 Å². The summed E-state index contributed by atoms with van der Waals surface area (Å²) in [7, 11) is 0. The van der Waals surface area contributed by atoms with Crippen LogP contribution in [0.5, 0.6) is 5.75 Å². The zero-order valence-corrected chi connectivity index (χ0v) is 7.23. The van der Waals surface area contributed by atoms with Gasteiger partial charge in [-0.15, -0.1) is 0 Å². The fraction of sp³-hybridized carbons (Fsp3) is 0.100. The van der Waals surface area contributed by atoms with Gasteiger partial charge >= 0.3 is 5.97 Å². The van der Waals surface area contributed by atoms with Crippen molar-refractivity contribution in [1.82, 2.24) is 0 Å². The van der Waals surface area contributed by atoms with E-state index in [0.717, 1.165) is 0 Å². The maximum Gasteiger partial charge on any atom is 0.311 e. The van der Waals surface area contributed by atoms with Gasteiger partial charge in [-0.05, 0) is 24.3 Å². The number of hydrogen-bond acceptors (Lipinski definition) is 3. The maximum atomic E-state index is 10.4. The van der Waals surface area contributed by atoms with Crippen molar-refractivity contribution >= 4 is 16.9 Å². The van der Waals surface area contributed by atoms with Crippen molar-refractivity contribution in [2.24, 2.45) is 0 Å². The molecule has 2 aromatic rings. The molecular weight excluding hydrogens is 184 g/mol. The molecule has 1 heterocycles. The molecule has 0 fully saturated rings. The van der Waals surface area contributed by atoms with E-state index < -0.39 is 5.97 Å². The molecule has 0 amide bonds. The number of carbonyl (C=O) groups is 1. The van der Waals surface area contributed by atoms with Gasteiger partial charge in [-0.25, -0.2) is 0 Å². The van der Waals surface area contributed by atoms with E-state index in [9.17, 15) is 4.79 Å². The first kappa shape index (κ1) is 8.62. The predicted octanol–water partition coefficient (Wildman–Crippen LogP) is 1.77. The average molecular weight is 192 g/mol. The fourth-order valence-corrected chi connectivity index (χ4v) is 1.32. The number of benzene rings is 1. The third-order valence-electron chi connectivity index (χ3n) is 1.88. The summed E-state index contributed by atoms with van der Waals surface area (Å²) >= 11 is 0. The Morgan fingerprint density at radius 1 is 1.36 bits per heavy atom. The minimum atomic E-state index is -0.937. The molecule has 0 bridgehead atoms. The molecule has 4 nitrogen and oxygen atoms in total. The summed E-state index contributed by atoms with van der Waals surface area (Å²) < 4.78 is 5.24. The van der Waals surface area contributed by atoms with Crippen LogP contribution in [0.1, 0.15) is 5.76 Å². The zero-order chi connectivity index (χ0) is 10.1. The van der Waals surface area contributed by atoms with Crippen molar-refractivity contribution in [3.63, 3.8) is 0 Å². The highest BCUT2D eigenvalue weighted by molar-refractivity contribution is 5.81. The molecule has 0 aliphatic heterocycles. The van der Waals surface area contributed by atoms with Gasteiger partial charge in [0.1, 0.15) is 23.5 Å². The molecule has 0 saturated heterocycles. The summed E-state index contributed by atoms with van der Waals surface area (Å²) in [6.45, 7) is 0. The highest BCUT2D eigenvalue weighted by atomic mass is 16.4. The second-order valence-electron chi connectivity index (χ2n) is 3.01. The van der Waals surface area contributed by atoms with E-state index in [1.54, 1.807) is 12.1 Å². The molecule has 0 saturated carbocycles. The van der Waals surface area contributed by atoms with Gasteiger partial charge in [-0.3, -0.25) is 4.79 Å². The van der Waals surface area contributed by atoms with Gasteiger partial charge < -0.3 is 14.6 Å². The summed E-state index contributed by atoms with van der Waals surface area (Å²) in [6.07, 6.45) is -0.143. The molecule has 0 spiro atoms. The molecule has 72 valence electrons. The van der Waals surface area contributed by atoms with Crippen LogP contribution in [0.3, 0.4) is 0 Å². The number of rotatable bonds is 2. The van der Waals surface area contributed by atoms with Crippen LogP contribution < -0.4 is 0 Å². The lowest BCUT2D eigenvalue weighted by molar-refractivity contribution is -0.136. The van der Waals surface area contributed by atoms with E-state index >= 15 is 0 Å². The van der Waals surface area contributed by atoms with Crippen LogP contribution in [0, 0.1) is 0 Å². The van der Waals surface area contributed by atoms with E-state index in [0.29, 0.717) is 16.7 Å². The molecule has 2 N–H and O–H groups in total. The molecular formula is C10H8O4. The molecule has 0 atom stereocenters. The van der Waals surface area contributed by atoms with Gasteiger partial charge in [0.05, 0.1) is 0 Å². The first-order valence-electron chi connectivity index (χ1n) is 4.08. The van der Waals surface area contributed by atoms with Crippen LogP contribution in [-0.2, 0) is 11.2 Å². The lowest BCUT2D eigenvalue weighted by Gasteiger charge is -1.89. The zero-order valence-electron chi connectivity index (χ0n) is 7.23. The Morgan fingerprint density at radius 2 is 2.14 bits per heavy atom. The number of hydrogen-bond donors (Lipinski definition) is 2. The number of phenolic OH excluding ortho intramolecular Hbond substituents is 1. The van der Waals surface area contributed by atoms with Crippen molar-refractivity contribution in [2.75, 3.05) is 0 Å². The largest absolute Gasteiger partial charge is 0.508 e. The minimum Gasteiger partial charge on any atom is -0.508 e. The monoisotopic (exact) mass is 192 g/mol. The molecule has 4 heteroatoms. The Hall–Kier alpha value is -1.97.